The summed E-state index contributed by atoms with van der Waals surface area (Å²) in [6, 6.07) is 11.3. The molecule has 8 heteroatoms. The Morgan fingerprint density at radius 3 is 2.12 bits per heavy atom. The third kappa shape index (κ3) is 7.21. The lowest BCUT2D eigenvalue weighted by Gasteiger charge is -2.16. The highest BCUT2D eigenvalue weighted by Gasteiger charge is 2.11. The van der Waals surface area contributed by atoms with Gasteiger partial charge in [0.25, 0.3) is 5.91 Å². The van der Waals surface area contributed by atoms with Gasteiger partial charge >= 0.3 is 11.9 Å². The third-order valence-corrected chi connectivity index (χ3v) is 3.05. The Balaban J connectivity index is 0.000000450. The summed E-state index contributed by atoms with van der Waals surface area (Å²) >= 11 is 0. The molecule has 0 atom stereocenters. The molecule has 2 N–H and O–H groups in total. The predicted octanol–water partition coefficient (Wildman–Crippen LogP) is 1.69. The summed E-state index contributed by atoms with van der Waals surface area (Å²) in [6.07, 6.45) is 2.43. The quantitative estimate of drug-likeness (QED) is 0.814. The minimum atomic E-state index is -1.82. The molecule has 2 aromatic rings. The van der Waals surface area contributed by atoms with Gasteiger partial charge in [-0.25, -0.2) is 14.0 Å². The highest BCUT2D eigenvalue weighted by molar-refractivity contribution is 6.27. The second kappa shape index (κ2) is 9.76. The van der Waals surface area contributed by atoms with E-state index in [9.17, 15) is 9.18 Å². The number of carbonyl (C=O) groups is 3. The Morgan fingerprint density at radius 2 is 1.64 bits per heavy atom. The summed E-state index contributed by atoms with van der Waals surface area (Å²) in [5.74, 6) is -4.10. The molecule has 0 aliphatic carbocycles. The fourth-order valence-corrected chi connectivity index (χ4v) is 1.74. The van der Waals surface area contributed by atoms with Gasteiger partial charge in [0.05, 0.1) is 0 Å². The van der Waals surface area contributed by atoms with Crippen LogP contribution in [0.4, 0.5) is 4.39 Å². The van der Waals surface area contributed by atoms with Gasteiger partial charge in [0.15, 0.2) is 0 Å². The highest BCUT2D eigenvalue weighted by atomic mass is 19.1. The SMILES string of the molecule is CN(CCc1ccccn1)C(=O)c1ccc(F)cc1.O=C(O)C(=O)O. The van der Waals surface area contributed by atoms with E-state index in [4.69, 9.17) is 19.8 Å². The van der Waals surface area contributed by atoms with Crippen molar-refractivity contribution in [2.24, 2.45) is 0 Å². The lowest BCUT2D eigenvalue weighted by Crippen LogP contribution is -2.28. The molecule has 0 aliphatic rings. The van der Waals surface area contributed by atoms with Crippen molar-refractivity contribution in [3.63, 3.8) is 0 Å². The van der Waals surface area contributed by atoms with Crippen molar-refractivity contribution in [3.8, 4) is 0 Å². The number of pyridine rings is 1. The van der Waals surface area contributed by atoms with E-state index in [-0.39, 0.29) is 11.7 Å². The number of hydrogen-bond donors (Lipinski definition) is 2. The zero-order valence-electron chi connectivity index (χ0n) is 13.4. The van der Waals surface area contributed by atoms with Crippen LogP contribution in [0.15, 0.2) is 48.7 Å². The van der Waals surface area contributed by atoms with Crippen molar-refractivity contribution in [1.29, 1.82) is 0 Å². The van der Waals surface area contributed by atoms with Gasteiger partial charge in [0.1, 0.15) is 5.82 Å². The molecule has 1 heterocycles. The first-order chi connectivity index (χ1) is 11.8. The predicted molar refractivity (Wildman–Crippen MR) is 86.6 cm³/mol. The van der Waals surface area contributed by atoms with Crippen LogP contribution in [0.2, 0.25) is 0 Å². The van der Waals surface area contributed by atoms with Gasteiger partial charge in [-0.2, -0.15) is 0 Å². The largest absolute Gasteiger partial charge is 0.473 e. The molecule has 1 aromatic heterocycles. The number of carboxylic acid groups (broad SMARTS) is 2. The highest BCUT2D eigenvalue weighted by Crippen LogP contribution is 2.06. The zero-order chi connectivity index (χ0) is 18.8. The molecule has 0 radical (unpaired) electrons. The average Bonchev–Trinajstić information content (AvgIpc) is 2.61. The maximum absolute atomic E-state index is 12.8. The molecule has 0 saturated heterocycles. The Hall–Kier alpha value is -3.29. The van der Waals surface area contributed by atoms with E-state index in [1.165, 1.54) is 24.3 Å². The number of carboxylic acids is 2. The first-order valence-corrected chi connectivity index (χ1v) is 7.18. The standard InChI is InChI=1S/C15H15FN2O.C2H2O4/c1-18(11-9-14-4-2-3-10-17-14)15(19)12-5-7-13(16)8-6-12;3-1(4)2(5)6/h2-8,10H,9,11H2,1H3;(H,3,4)(H,5,6). The Morgan fingerprint density at radius 1 is 1.04 bits per heavy atom. The second-order valence-corrected chi connectivity index (χ2v) is 4.91. The third-order valence-electron chi connectivity index (χ3n) is 3.05. The number of halogens is 1. The van der Waals surface area contributed by atoms with Crippen molar-refractivity contribution in [3.05, 3.63) is 65.7 Å². The minimum absolute atomic E-state index is 0.115. The van der Waals surface area contributed by atoms with Gasteiger partial charge in [0.2, 0.25) is 0 Å². The summed E-state index contributed by atoms with van der Waals surface area (Å²) in [6.45, 7) is 0.577. The summed E-state index contributed by atoms with van der Waals surface area (Å²) in [5, 5.41) is 14.8. The lowest BCUT2D eigenvalue weighted by atomic mass is 10.2. The molecule has 0 saturated carbocycles. The van der Waals surface area contributed by atoms with Crippen LogP contribution in [-0.2, 0) is 16.0 Å². The number of hydrogen-bond acceptors (Lipinski definition) is 4. The summed E-state index contributed by atoms with van der Waals surface area (Å²) in [5.41, 5.74) is 1.44. The number of likely N-dealkylation sites (N-methyl/N-ethyl adjacent to an activating group) is 1. The molecule has 1 aromatic carbocycles. The summed E-state index contributed by atoms with van der Waals surface area (Å²) in [4.78, 5) is 36.1. The molecule has 0 spiro atoms. The van der Waals surface area contributed by atoms with Crippen molar-refractivity contribution in [1.82, 2.24) is 9.88 Å². The lowest BCUT2D eigenvalue weighted by molar-refractivity contribution is -0.159. The Labute approximate surface area is 143 Å². The number of aliphatic carboxylic acids is 2. The molecule has 0 aliphatic heterocycles. The molecular weight excluding hydrogens is 331 g/mol. The summed E-state index contributed by atoms with van der Waals surface area (Å²) < 4.78 is 12.8. The van der Waals surface area contributed by atoms with Crippen LogP contribution in [0.3, 0.4) is 0 Å². The van der Waals surface area contributed by atoms with Gasteiger partial charge in [-0.15, -0.1) is 0 Å². The molecule has 1 amide bonds. The van der Waals surface area contributed by atoms with Crippen molar-refractivity contribution >= 4 is 17.8 Å². The first-order valence-electron chi connectivity index (χ1n) is 7.18. The van der Waals surface area contributed by atoms with E-state index in [2.05, 4.69) is 4.98 Å². The Kier molecular flexibility index (Phi) is 7.71. The van der Waals surface area contributed by atoms with E-state index < -0.39 is 11.9 Å². The number of benzene rings is 1. The van der Waals surface area contributed by atoms with E-state index in [0.29, 0.717) is 18.5 Å². The van der Waals surface area contributed by atoms with Crippen molar-refractivity contribution in [2.75, 3.05) is 13.6 Å². The van der Waals surface area contributed by atoms with Gasteiger partial charge in [-0.05, 0) is 36.4 Å². The van der Waals surface area contributed by atoms with Crippen molar-refractivity contribution in [2.45, 2.75) is 6.42 Å². The molecule has 25 heavy (non-hydrogen) atoms. The number of carbonyl (C=O) groups excluding carboxylic acids is 1. The normalized spacial score (nSPS) is 9.52. The minimum Gasteiger partial charge on any atom is -0.473 e. The number of nitrogens with zero attached hydrogens (tertiary/aromatic N) is 2. The maximum atomic E-state index is 12.8. The number of rotatable bonds is 4. The number of aromatic nitrogens is 1. The van der Waals surface area contributed by atoms with Gasteiger partial charge in [0, 0.05) is 37.5 Å². The average molecular weight is 348 g/mol. The molecular formula is C17H17FN2O5. The molecule has 0 unspecified atom stereocenters. The van der Waals surface area contributed by atoms with Crippen LogP contribution in [0.1, 0.15) is 16.1 Å². The molecule has 0 fully saturated rings. The molecule has 0 bridgehead atoms. The molecule has 7 nitrogen and oxygen atoms in total. The zero-order valence-corrected chi connectivity index (χ0v) is 13.4. The summed E-state index contributed by atoms with van der Waals surface area (Å²) in [7, 11) is 1.73. The van der Waals surface area contributed by atoms with Crippen LogP contribution >= 0.6 is 0 Å². The van der Waals surface area contributed by atoms with E-state index in [1.54, 1.807) is 18.1 Å². The van der Waals surface area contributed by atoms with Crippen LogP contribution < -0.4 is 0 Å². The van der Waals surface area contributed by atoms with Gasteiger partial charge < -0.3 is 15.1 Å². The van der Waals surface area contributed by atoms with Crippen LogP contribution in [-0.4, -0.2) is 51.5 Å². The smallest absolute Gasteiger partial charge is 0.414 e. The van der Waals surface area contributed by atoms with E-state index in [1.807, 2.05) is 18.2 Å². The first kappa shape index (κ1) is 19.8. The maximum Gasteiger partial charge on any atom is 0.414 e. The van der Waals surface area contributed by atoms with Gasteiger partial charge in [-0.3, -0.25) is 9.78 Å². The van der Waals surface area contributed by atoms with Crippen LogP contribution in [0, 0.1) is 5.82 Å². The molecule has 2 rings (SSSR count). The van der Waals surface area contributed by atoms with Crippen molar-refractivity contribution < 1.29 is 29.0 Å². The van der Waals surface area contributed by atoms with Crippen LogP contribution in [0.25, 0.3) is 0 Å². The monoisotopic (exact) mass is 348 g/mol. The fourth-order valence-electron chi connectivity index (χ4n) is 1.74. The van der Waals surface area contributed by atoms with E-state index >= 15 is 0 Å². The van der Waals surface area contributed by atoms with Gasteiger partial charge in [-0.1, -0.05) is 6.07 Å². The second-order valence-electron chi connectivity index (χ2n) is 4.91. The fraction of sp³-hybridized carbons (Fsp3) is 0.176. The topological polar surface area (TPSA) is 108 Å². The Bertz CT molecular complexity index is 708. The molecule has 132 valence electrons. The van der Waals surface area contributed by atoms with E-state index in [0.717, 1.165) is 5.69 Å². The number of amides is 1. The van der Waals surface area contributed by atoms with Crippen LogP contribution in [0.5, 0.6) is 0 Å².